The molecule has 104 heavy (non-hydrogen) atoms. The van der Waals surface area contributed by atoms with Crippen LogP contribution in [0.3, 0.4) is 0 Å². The summed E-state index contributed by atoms with van der Waals surface area (Å²) in [4.78, 5) is 30.8. The molecule has 488 valence electrons. The van der Waals surface area contributed by atoms with Gasteiger partial charge in [0.05, 0.1) is 44.8 Å². The molecule has 15 aromatic carbocycles. The third kappa shape index (κ3) is 12.6. The van der Waals surface area contributed by atoms with Crippen LogP contribution in [0.1, 0.15) is 0 Å². The Balaban J connectivity index is 0.000000148. The first-order valence-electron chi connectivity index (χ1n) is 35.0. The van der Waals surface area contributed by atoms with Crippen LogP contribution in [0, 0.1) is 0 Å². The Morgan fingerprint density at radius 3 is 0.885 bits per heavy atom. The number of hydrogen-bond donors (Lipinski definition) is 0. The van der Waals surface area contributed by atoms with Gasteiger partial charge in [-0.2, -0.15) is 0 Å². The van der Waals surface area contributed by atoms with E-state index >= 15 is 0 Å². The molecular weight excluding hydrogens is 1270 g/mol. The smallest absolute Gasteiger partial charge is 0.160 e. The van der Waals surface area contributed by atoms with Crippen molar-refractivity contribution in [3.05, 3.63) is 388 Å². The predicted molar refractivity (Wildman–Crippen MR) is 428 cm³/mol. The van der Waals surface area contributed by atoms with Gasteiger partial charge in [-0.1, -0.05) is 297 Å². The molecule has 19 aromatic rings. The molecule has 0 radical (unpaired) electrons. The van der Waals surface area contributed by atoms with Crippen molar-refractivity contribution in [1.82, 2.24) is 39.0 Å². The fraction of sp³-hybridized carbons (Fsp3) is 0. The van der Waals surface area contributed by atoms with Crippen molar-refractivity contribution in [2.75, 3.05) is 0 Å². The van der Waals surface area contributed by atoms with Gasteiger partial charge in [0.1, 0.15) is 11.6 Å². The number of imidazole rings is 2. The van der Waals surface area contributed by atoms with E-state index in [9.17, 15) is 0 Å². The summed E-state index contributed by atoms with van der Waals surface area (Å²) in [6, 6.07) is 135. The monoisotopic (exact) mass is 1330 g/mol. The predicted octanol–water partition coefficient (Wildman–Crippen LogP) is 24.3. The van der Waals surface area contributed by atoms with E-state index in [0.29, 0.717) is 11.6 Å². The van der Waals surface area contributed by atoms with Crippen molar-refractivity contribution < 1.29 is 0 Å². The van der Waals surface area contributed by atoms with Crippen molar-refractivity contribution in [1.29, 1.82) is 0 Å². The summed E-state index contributed by atoms with van der Waals surface area (Å²) in [6.07, 6.45) is 0. The van der Waals surface area contributed by atoms with Gasteiger partial charge in [-0.15, -0.1) is 0 Å². The molecule has 0 aliphatic heterocycles. The van der Waals surface area contributed by atoms with E-state index in [2.05, 4.69) is 349 Å². The second-order valence-electron chi connectivity index (χ2n) is 25.9. The lowest BCUT2D eigenvalue weighted by Crippen LogP contribution is -1.97. The normalized spacial score (nSPS) is 11.3. The summed E-state index contributed by atoms with van der Waals surface area (Å²) in [7, 11) is 0. The maximum Gasteiger partial charge on any atom is 0.160 e. The largest absolute Gasteiger partial charge is 0.292 e. The summed E-state index contributed by atoms with van der Waals surface area (Å²) in [5.74, 6) is 3.20. The Morgan fingerprint density at radius 2 is 0.452 bits per heavy atom. The highest BCUT2D eigenvalue weighted by Gasteiger charge is 2.19. The van der Waals surface area contributed by atoms with Crippen LogP contribution in [0.5, 0.6) is 0 Å². The van der Waals surface area contributed by atoms with Crippen LogP contribution in [-0.2, 0) is 0 Å². The van der Waals surface area contributed by atoms with Gasteiger partial charge >= 0.3 is 0 Å². The van der Waals surface area contributed by atoms with E-state index in [1.165, 1.54) is 27.1 Å². The maximum absolute atomic E-state index is 5.19. The Morgan fingerprint density at radius 1 is 0.163 bits per heavy atom. The highest BCUT2D eigenvalue weighted by atomic mass is 15.1. The molecule has 8 nitrogen and oxygen atoms in total. The standard InChI is InChI=1S/C49H32N4.C47H32N4/c1-2-17-43(18-3-1)53-47-20-9-8-19-44(47)52-49(53)36-25-21-35(22-26-36)39-15-10-16-42(31-39)48-50-45(40-27-23-33-11-4-6-13-37(33)29-40)32-46(51-48)41-28-24-34-12-5-7-14-38(34)30-41;1-4-14-33(15-5-1)37-18-12-20-39(30-37)44-32-43(35-16-6-2-7-17-35)48-46(49-44)40-21-13-19-38(31-40)34-26-28-36(29-27-34)47-50-42-24-10-11-25-45(42)51(47)41-22-8-3-9-23-41/h1-32H;1-32H. The summed E-state index contributed by atoms with van der Waals surface area (Å²) < 4.78 is 4.47. The van der Waals surface area contributed by atoms with Gasteiger partial charge in [0.2, 0.25) is 0 Å². The molecule has 0 aliphatic rings. The van der Waals surface area contributed by atoms with Gasteiger partial charge in [0.15, 0.2) is 11.6 Å². The van der Waals surface area contributed by atoms with E-state index in [-0.39, 0.29) is 0 Å². The molecule has 4 aromatic heterocycles. The first-order chi connectivity index (χ1) is 51.5. The van der Waals surface area contributed by atoms with Gasteiger partial charge in [-0.05, 0) is 146 Å². The number of hydrogen-bond acceptors (Lipinski definition) is 6. The fourth-order valence-corrected chi connectivity index (χ4v) is 14.0. The van der Waals surface area contributed by atoms with Crippen molar-refractivity contribution >= 4 is 43.6 Å². The van der Waals surface area contributed by atoms with Gasteiger partial charge in [-0.25, -0.2) is 29.9 Å². The number of para-hydroxylation sites is 6. The molecule has 0 N–H and O–H groups in total. The zero-order valence-electron chi connectivity index (χ0n) is 56.5. The maximum atomic E-state index is 5.19. The lowest BCUT2D eigenvalue weighted by Gasteiger charge is -2.12. The van der Waals surface area contributed by atoms with E-state index in [1.54, 1.807) is 0 Å². The Bertz CT molecular complexity index is 6230. The molecule has 0 atom stereocenters. The number of benzene rings is 15. The fourth-order valence-electron chi connectivity index (χ4n) is 14.0. The average Bonchev–Trinajstić information content (AvgIpc) is 1.51. The van der Waals surface area contributed by atoms with Crippen LogP contribution in [0.15, 0.2) is 388 Å². The van der Waals surface area contributed by atoms with Crippen LogP contribution < -0.4 is 0 Å². The second-order valence-corrected chi connectivity index (χ2v) is 25.9. The molecular formula is C96H64N8. The van der Waals surface area contributed by atoms with Crippen LogP contribution in [-0.4, -0.2) is 39.0 Å². The molecule has 0 saturated carbocycles. The summed E-state index contributed by atoms with van der Waals surface area (Å²) in [5, 5.41) is 4.78. The second kappa shape index (κ2) is 27.6. The number of aromatic nitrogens is 8. The quantitative estimate of drug-likeness (QED) is 0.114. The lowest BCUT2D eigenvalue weighted by atomic mass is 9.99. The summed E-state index contributed by atoms with van der Waals surface area (Å²) in [6.45, 7) is 0. The zero-order valence-corrected chi connectivity index (χ0v) is 56.5. The summed E-state index contributed by atoms with van der Waals surface area (Å²) >= 11 is 0. The summed E-state index contributed by atoms with van der Waals surface area (Å²) in [5.41, 5.74) is 24.8. The SMILES string of the molecule is c1ccc(-c2cccc(-c3cc(-c4ccccc4)nc(-c4cccc(-c5ccc(-c6nc7ccccc7n6-c6ccccc6)cc5)c4)n3)c2)cc1.c1ccc(-n2c(-c3ccc(-c4cccc(-c5nc(-c6ccc7ccccc7c6)cc(-c6ccc7ccccc7c6)n5)c4)cc3)nc3ccccc32)cc1. The lowest BCUT2D eigenvalue weighted by molar-refractivity contribution is 1.10. The van der Waals surface area contributed by atoms with Gasteiger partial charge in [-0.3, -0.25) is 9.13 Å². The number of fused-ring (bicyclic) bond motifs is 4. The van der Waals surface area contributed by atoms with Crippen LogP contribution in [0.2, 0.25) is 0 Å². The van der Waals surface area contributed by atoms with E-state index in [4.69, 9.17) is 29.9 Å². The van der Waals surface area contributed by atoms with Crippen molar-refractivity contribution in [2.45, 2.75) is 0 Å². The van der Waals surface area contributed by atoms with Crippen LogP contribution >= 0.6 is 0 Å². The molecule has 0 fully saturated rings. The number of nitrogens with zero attached hydrogens (tertiary/aromatic N) is 8. The first-order valence-corrected chi connectivity index (χ1v) is 35.0. The third-order valence-corrected chi connectivity index (χ3v) is 19.2. The number of rotatable bonds is 13. The molecule has 0 saturated heterocycles. The van der Waals surface area contributed by atoms with Crippen molar-refractivity contribution in [3.8, 4) is 135 Å². The molecule has 0 unspecified atom stereocenters. The van der Waals surface area contributed by atoms with Crippen LogP contribution in [0.4, 0.5) is 0 Å². The highest BCUT2D eigenvalue weighted by Crippen LogP contribution is 2.38. The average molecular weight is 1330 g/mol. The third-order valence-electron chi connectivity index (χ3n) is 19.2. The highest BCUT2D eigenvalue weighted by molar-refractivity contribution is 5.91. The minimum absolute atomic E-state index is 0.687. The first kappa shape index (κ1) is 62.2. The molecule has 0 bridgehead atoms. The Kier molecular flexibility index (Phi) is 16.5. The molecule has 19 rings (SSSR count). The minimum atomic E-state index is 0.687. The van der Waals surface area contributed by atoms with E-state index in [1.807, 2.05) is 48.5 Å². The zero-order chi connectivity index (χ0) is 69.1. The molecule has 0 amide bonds. The minimum Gasteiger partial charge on any atom is -0.292 e. The van der Waals surface area contributed by atoms with E-state index in [0.717, 1.165) is 140 Å². The Labute approximate surface area is 602 Å². The van der Waals surface area contributed by atoms with E-state index < -0.39 is 0 Å². The molecule has 0 spiro atoms. The van der Waals surface area contributed by atoms with Gasteiger partial charge in [0, 0.05) is 55.9 Å². The van der Waals surface area contributed by atoms with Crippen molar-refractivity contribution in [3.63, 3.8) is 0 Å². The molecule has 4 heterocycles. The molecule has 8 heteroatoms. The topological polar surface area (TPSA) is 87.2 Å². The molecule has 0 aliphatic carbocycles. The van der Waals surface area contributed by atoms with Crippen LogP contribution in [0.25, 0.3) is 179 Å². The van der Waals surface area contributed by atoms with Crippen molar-refractivity contribution in [2.24, 2.45) is 0 Å². The van der Waals surface area contributed by atoms with Gasteiger partial charge < -0.3 is 0 Å². The Hall–Kier alpha value is -14.1. The van der Waals surface area contributed by atoms with Gasteiger partial charge in [0.25, 0.3) is 0 Å².